The van der Waals surface area contributed by atoms with E-state index < -0.39 is 0 Å². The van der Waals surface area contributed by atoms with Crippen molar-refractivity contribution >= 4 is 22.6 Å². The number of aromatic amines is 1. The Morgan fingerprint density at radius 2 is 2.04 bits per heavy atom. The van der Waals surface area contributed by atoms with Crippen molar-refractivity contribution in [3.63, 3.8) is 0 Å². The molecule has 7 nitrogen and oxygen atoms in total. The van der Waals surface area contributed by atoms with Crippen LogP contribution in [-0.2, 0) is 11.3 Å². The van der Waals surface area contributed by atoms with Gasteiger partial charge in [0.1, 0.15) is 0 Å². The van der Waals surface area contributed by atoms with Gasteiger partial charge in [-0.3, -0.25) is 15.2 Å². The van der Waals surface area contributed by atoms with Crippen LogP contribution in [0.3, 0.4) is 0 Å². The Kier molecular flexibility index (Phi) is 4.42. The summed E-state index contributed by atoms with van der Waals surface area (Å²) in [6.45, 7) is 0.753. The number of nitrogens with zero attached hydrogens (tertiary/aromatic N) is 4. The van der Waals surface area contributed by atoms with E-state index in [-0.39, 0.29) is 5.91 Å². The van der Waals surface area contributed by atoms with Crippen LogP contribution >= 0.6 is 0 Å². The average molecular weight is 346 g/mol. The maximum atomic E-state index is 12.1. The van der Waals surface area contributed by atoms with Crippen LogP contribution in [0.1, 0.15) is 12.8 Å². The molecule has 130 valence electrons. The standard InChI is InChI=1S/C19H18N6O/c26-17(9-4-11-25-12-10-20-13-25)21-19-22-18(23-24-19)16-8-3-6-14-5-1-2-7-15(14)16/h1-3,5-8,10,12-13H,4,9,11H2,(H2,21,22,23,24,26). The van der Waals surface area contributed by atoms with Gasteiger partial charge < -0.3 is 4.57 Å². The van der Waals surface area contributed by atoms with Crippen molar-refractivity contribution < 1.29 is 4.79 Å². The largest absolute Gasteiger partial charge is 0.337 e. The minimum Gasteiger partial charge on any atom is -0.337 e. The molecule has 0 aliphatic heterocycles. The zero-order valence-corrected chi connectivity index (χ0v) is 14.1. The highest BCUT2D eigenvalue weighted by Crippen LogP contribution is 2.26. The average Bonchev–Trinajstić information content (AvgIpc) is 3.33. The minimum absolute atomic E-state index is 0.103. The molecule has 0 radical (unpaired) electrons. The van der Waals surface area contributed by atoms with Crippen molar-refractivity contribution in [2.45, 2.75) is 19.4 Å². The lowest BCUT2D eigenvalue weighted by molar-refractivity contribution is -0.116. The summed E-state index contributed by atoms with van der Waals surface area (Å²) < 4.78 is 1.94. The van der Waals surface area contributed by atoms with Gasteiger partial charge in [0.25, 0.3) is 0 Å². The van der Waals surface area contributed by atoms with E-state index in [4.69, 9.17) is 0 Å². The summed E-state index contributed by atoms with van der Waals surface area (Å²) in [7, 11) is 0. The molecule has 0 saturated heterocycles. The third kappa shape index (κ3) is 3.46. The summed E-state index contributed by atoms with van der Waals surface area (Å²) in [4.78, 5) is 20.5. The fourth-order valence-corrected chi connectivity index (χ4v) is 2.90. The van der Waals surface area contributed by atoms with Crippen LogP contribution in [0.5, 0.6) is 0 Å². The lowest BCUT2D eigenvalue weighted by Gasteiger charge is -2.03. The second kappa shape index (κ2) is 7.18. The maximum Gasteiger partial charge on any atom is 0.249 e. The summed E-state index contributed by atoms with van der Waals surface area (Å²) in [5.74, 6) is 0.824. The van der Waals surface area contributed by atoms with Gasteiger partial charge in [-0.05, 0) is 17.2 Å². The molecular formula is C19H18N6O. The first-order valence-corrected chi connectivity index (χ1v) is 8.46. The van der Waals surface area contributed by atoms with Gasteiger partial charge in [0.05, 0.1) is 6.33 Å². The monoisotopic (exact) mass is 346 g/mol. The molecule has 4 rings (SSSR count). The predicted octanol–water partition coefficient (Wildman–Crippen LogP) is 3.24. The molecule has 0 unspecified atom stereocenters. The van der Waals surface area contributed by atoms with Crippen LogP contribution in [0.2, 0.25) is 0 Å². The molecule has 0 saturated carbocycles. The van der Waals surface area contributed by atoms with E-state index in [2.05, 4.69) is 37.6 Å². The van der Waals surface area contributed by atoms with Crippen molar-refractivity contribution in [2.75, 3.05) is 5.32 Å². The number of imidazole rings is 1. The number of carbonyl (C=O) groups excluding carboxylic acids is 1. The first-order chi connectivity index (χ1) is 12.8. The summed E-state index contributed by atoms with van der Waals surface area (Å²) >= 11 is 0. The van der Waals surface area contributed by atoms with Crippen molar-refractivity contribution in [1.82, 2.24) is 24.7 Å². The molecule has 7 heteroatoms. The summed E-state index contributed by atoms with van der Waals surface area (Å²) in [5, 5.41) is 12.0. The highest BCUT2D eigenvalue weighted by atomic mass is 16.1. The van der Waals surface area contributed by atoms with Crippen molar-refractivity contribution in [3.05, 3.63) is 61.2 Å². The maximum absolute atomic E-state index is 12.1. The number of anilines is 1. The second-order valence-electron chi connectivity index (χ2n) is 5.99. The lowest BCUT2D eigenvalue weighted by atomic mass is 10.0. The van der Waals surface area contributed by atoms with Gasteiger partial charge in [-0.15, -0.1) is 5.10 Å². The Bertz CT molecular complexity index is 1020. The number of aromatic nitrogens is 5. The number of carbonyl (C=O) groups is 1. The first-order valence-electron chi connectivity index (χ1n) is 8.46. The third-order valence-corrected chi connectivity index (χ3v) is 4.16. The van der Waals surface area contributed by atoms with Crippen LogP contribution in [0, 0.1) is 0 Å². The Morgan fingerprint density at radius 3 is 2.92 bits per heavy atom. The van der Waals surface area contributed by atoms with Crippen molar-refractivity contribution in [1.29, 1.82) is 0 Å². The number of hydrogen-bond acceptors (Lipinski definition) is 4. The second-order valence-corrected chi connectivity index (χ2v) is 5.99. The fraction of sp³-hybridized carbons (Fsp3) is 0.158. The quantitative estimate of drug-likeness (QED) is 0.561. The molecule has 2 aromatic heterocycles. The fourth-order valence-electron chi connectivity index (χ4n) is 2.90. The summed E-state index contributed by atoms with van der Waals surface area (Å²) in [5.41, 5.74) is 0.955. The van der Waals surface area contributed by atoms with Gasteiger partial charge in [0, 0.05) is 30.9 Å². The van der Waals surface area contributed by atoms with E-state index >= 15 is 0 Å². The van der Waals surface area contributed by atoms with Crippen molar-refractivity contribution in [3.8, 4) is 11.4 Å². The van der Waals surface area contributed by atoms with Crippen LogP contribution in [0.4, 0.5) is 5.95 Å². The molecule has 26 heavy (non-hydrogen) atoms. The Morgan fingerprint density at radius 1 is 1.15 bits per heavy atom. The number of aryl methyl sites for hydroxylation is 1. The van der Waals surface area contributed by atoms with Crippen LogP contribution in [0.15, 0.2) is 61.2 Å². The highest BCUT2D eigenvalue weighted by molar-refractivity contribution is 5.95. The van der Waals surface area contributed by atoms with E-state index in [1.54, 1.807) is 12.5 Å². The van der Waals surface area contributed by atoms with Crippen LogP contribution < -0.4 is 5.32 Å². The Labute approximate surface area is 150 Å². The van der Waals surface area contributed by atoms with Crippen LogP contribution in [-0.4, -0.2) is 30.6 Å². The smallest absolute Gasteiger partial charge is 0.249 e. The number of hydrogen-bond donors (Lipinski definition) is 2. The molecule has 2 heterocycles. The van der Waals surface area contributed by atoms with Crippen molar-refractivity contribution in [2.24, 2.45) is 0 Å². The van der Waals surface area contributed by atoms with E-state index in [0.29, 0.717) is 18.2 Å². The first kappa shape index (κ1) is 16.0. The number of amides is 1. The van der Waals surface area contributed by atoms with Gasteiger partial charge in [0.2, 0.25) is 11.9 Å². The number of H-pyrrole nitrogens is 1. The molecule has 2 N–H and O–H groups in total. The predicted molar refractivity (Wildman–Crippen MR) is 99.4 cm³/mol. The molecule has 4 aromatic rings. The highest BCUT2D eigenvalue weighted by Gasteiger charge is 2.11. The molecular weight excluding hydrogens is 328 g/mol. The number of nitrogens with one attached hydrogen (secondary N) is 2. The van der Waals surface area contributed by atoms with E-state index in [1.165, 1.54) is 0 Å². The molecule has 0 aliphatic rings. The van der Waals surface area contributed by atoms with Gasteiger partial charge in [-0.2, -0.15) is 4.98 Å². The molecule has 0 aliphatic carbocycles. The minimum atomic E-state index is -0.103. The van der Waals surface area contributed by atoms with E-state index in [0.717, 1.165) is 29.3 Å². The topological polar surface area (TPSA) is 88.5 Å². The Hall–Kier alpha value is -3.48. The molecule has 0 bridgehead atoms. The van der Waals surface area contributed by atoms with Gasteiger partial charge >= 0.3 is 0 Å². The zero-order chi connectivity index (χ0) is 17.8. The molecule has 2 aromatic carbocycles. The molecule has 0 fully saturated rings. The molecule has 0 atom stereocenters. The Balaban J connectivity index is 1.42. The molecule has 0 spiro atoms. The van der Waals surface area contributed by atoms with Crippen LogP contribution in [0.25, 0.3) is 22.2 Å². The number of fused-ring (bicyclic) bond motifs is 1. The zero-order valence-electron chi connectivity index (χ0n) is 14.1. The van der Waals surface area contributed by atoms with E-state index in [1.807, 2.05) is 41.1 Å². The normalized spacial score (nSPS) is 10.9. The van der Waals surface area contributed by atoms with Gasteiger partial charge in [-0.25, -0.2) is 4.98 Å². The summed E-state index contributed by atoms with van der Waals surface area (Å²) in [6.07, 6.45) is 6.47. The summed E-state index contributed by atoms with van der Waals surface area (Å²) in [6, 6.07) is 14.1. The van der Waals surface area contributed by atoms with Gasteiger partial charge in [0.15, 0.2) is 5.82 Å². The van der Waals surface area contributed by atoms with E-state index in [9.17, 15) is 4.79 Å². The molecule has 1 amide bonds. The SMILES string of the molecule is O=C(CCCn1ccnc1)Nc1n[nH]c(-c2cccc3ccccc23)n1. The number of rotatable bonds is 6. The third-order valence-electron chi connectivity index (χ3n) is 4.16. The number of benzene rings is 2. The van der Waals surface area contributed by atoms with Gasteiger partial charge in [-0.1, -0.05) is 42.5 Å². The lowest BCUT2D eigenvalue weighted by Crippen LogP contribution is -2.13.